The maximum Gasteiger partial charge on any atom is 0.159 e. The van der Waals surface area contributed by atoms with Crippen LogP contribution in [-0.4, -0.2) is 25.8 Å². The first-order valence-corrected chi connectivity index (χ1v) is 6.46. The summed E-state index contributed by atoms with van der Waals surface area (Å²) in [7, 11) is 0. The molecule has 5 heteroatoms. The third-order valence-corrected chi connectivity index (χ3v) is 3.44. The van der Waals surface area contributed by atoms with Crippen molar-refractivity contribution < 1.29 is 0 Å². The predicted molar refractivity (Wildman–Crippen MR) is 68.2 cm³/mol. The van der Waals surface area contributed by atoms with Gasteiger partial charge in [0, 0.05) is 24.3 Å². The van der Waals surface area contributed by atoms with Gasteiger partial charge in [0.15, 0.2) is 5.82 Å². The van der Waals surface area contributed by atoms with Gasteiger partial charge >= 0.3 is 0 Å². The van der Waals surface area contributed by atoms with Gasteiger partial charge in [-0.05, 0) is 18.9 Å². The minimum Gasteiger partial charge on any atom is -0.310 e. The highest BCUT2D eigenvalue weighted by atomic mass is 15.3. The Hall–Kier alpha value is -1.75. The van der Waals surface area contributed by atoms with Crippen molar-refractivity contribution in [3.8, 4) is 5.82 Å². The normalized spacial score (nSPS) is 16.2. The monoisotopic (exact) mass is 243 g/mol. The largest absolute Gasteiger partial charge is 0.310 e. The van der Waals surface area contributed by atoms with Gasteiger partial charge in [0.05, 0.1) is 0 Å². The molecule has 2 aromatic heterocycles. The molecular formula is C13H17N5. The van der Waals surface area contributed by atoms with Gasteiger partial charge in [-0.1, -0.05) is 18.9 Å². The van der Waals surface area contributed by atoms with Crippen LogP contribution in [0.2, 0.25) is 0 Å². The summed E-state index contributed by atoms with van der Waals surface area (Å²) in [5.41, 5.74) is 1.16. The first kappa shape index (κ1) is 11.3. The molecule has 0 unspecified atom stereocenters. The number of nitrogens with one attached hydrogen (secondary N) is 1. The molecule has 5 nitrogen and oxygen atoms in total. The van der Waals surface area contributed by atoms with Crippen LogP contribution in [0.15, 0.2) is 31.0 Å². The molecular weight excluding hydrogens is 226 g/mol. The summed E-state index contributed by atoms with van der Waals surface area (Å²) in [5.74, 6) is 0.862. The lowest BCUT2D eigenvalue weighted by Crippen LogP contribution is -2.26. The summed E-state index contributed by atoms with van der Waals surface area (Å²) in [5, 5.41) is 7.74. The van der Waals surface area contributed by atoms with Crippen LogP contribution in [-0.2, 0) is 6.54 Å². The molecule has 1 N–H and O–H groups in total. The molecule has 18 heavy (non-hydrogen) atoms. The van der Waals surface area contributed by atoms with Crippen molar-refractivity contribution in [2.45, 2.75) is 38.3 Å². The van der Waals surface area contributed by atoms with E-state index in [0.29, 0.717) is 6.04 Å². The molecule has 0 atom stereocenters. The lowest BCUT2D eigenvalue weighted by atomic mass is 10.2. The Balaban J connectivity index is 1.75. The average molecular weight is 243 g/mol. The standard InChI is InChI=1S/C13H17N5/c1-2-6-12(5-1)16-8-11-4-3-7-15-13(11)18-10-14-9-17-18/h3-4,7,9-10,12,16H,1-2,5-6,8H2. The van der Waals surface area contributed by atoms with Crippen LogP contribution >= 0.6 is 0 Å². The van der Waals surface area contributed by atoms with Crippen LogP contribution in [0.4, 0.5) is 0 Å². The highest BCUT2D eigenvalue weighted by Gasteiger charge is 2.15. The molecule has 0 bridgehead atoms. The van der Waals surface area contributed by atoms with Gasteiger partial charge in [-0.25, -0.2) is 14.6 Å². The quantitative estimate of drug-likeness (QED) is 0.888. The molecule has 1 fully saturated rings. The fourth-order valence-corrected chi connectivity index (χ4v) is 2.48. The van der Waals surface area contributed by atoms with Crippen molar-refractivity contribution in [2.24, 2.45) is 0 Å². The first-order chi connectivity index (χ1) is 8.93. The van der Waals surface area contributed by atoms with Crippen LogP contribution in [0.25, 0.3) is 5.82 Å². The van der Waals surface area contributed by atoms with E-state index in [1.807, 2.05) is 6.07 Å². The number of aromatic nitrogens is 4. The van der Waals surface area contributed by atoms with Crippen LogP contribution in [0, 0.1) is 0 Å². The highest BCUT2D eigenvalue weighted by molar-refractivity contribution is 5.31. The summed E-state index contributed by atoms with van der Waals surface area (Å²) in [6, 6.07) is 4.71. The summed E-state index contributed by atoms with van der Waals surface area (Å²) in [6.07, 6.45) is 10.3. The minimum absolute atomic E-state index is 0.661. The van der Waals surface area contributed by atoms with E-state index in [-0.39, 0.29) is 0 Å². The zero-order chi connectivity index (χ0) is 12.2. The van der Waals surface area contributed by atoms with Gasteiger partial charge in [0.2, 0.25) is 0 Å². The topological polar surface area (TPSA) is 55.6 Å². The molecule has 1 aliphatic carbocycles. The lowest BCUT2D eigenvalue weighted by Gasteiger charge is -2.13. The zero-order valence-corrected chi connectivity index (χ0v) is 10.3. The number of rotatable bonds is 4. The molecule has 0 aliphatic heterocycles. The Bertz CT molecular complexity index is 488. The number of nitrogens with zero attached hydrogens (tertiary/aromatic N) is 4. The second-order valence-electron chi connectivity index (χ2n) is 4.69. The number of hydrogen-bond acceptors (Lipinski definition) is 4. The van der Waals surface area contributed by atoms with E-state index in [2.05, 4.69) is 26.4 Å². The molecule has 1 saturated carbocycles. The molecule has 0 spiro atoms. The lowest BCUT2D eigenvalue weighted by molar-refractivity contribution is 0.522. The molecule has 0 saturated heterocycles. The van der Waals surface area contributed by atoms with E-state index in [0.717, 1.165) is 17.9 Å². The summed E-state index contributed by atoms with van der Waals surface area (Å²) in [4.78, 5) is 8.36. The summed E-state index contributed by atoms with van der Waals surface area (Å²) < 4.78 is 1.71. The SMILES string of the molecule is c1cnc(-n2cncn2)c(CNC2CCCC2)c1. The molecule has 0 radical (unpaired) electrons. The van der Waals surface area contributed by atoms with Crippen molar-refractivity contribution in [1.29, 1.82) is 0 Å². The van der Waals surface area contributed by atoms with Gasteiger partial charge in [0.1, 0.15) is 12.7 Å². The van der Waals surface area contributed by atoms with Crippen molar-refractivity contribution >= 4 is 0 Å². The van der Waals surface area contributed by atoms with Gasteiger partial charge < -0.3 is 5.32 Å². The van der Waals surface area contributed by atoms with Gasteiger partial charge in [-0.15, -0.1) is 0 Å². The Morgan fingerprint density at radius 2 is 2.22 bits per heavy atom. The van der Waals surface area contributed by atoms with E-state index in [4.69, 9.17) is 0 Å². The van der Waals surface area contributed by atoms with E-state index < -0.39 is 0 Å². The van der Waals surface area contributed by atoms with Crippen molar-refractivity contribution in [3.05, 3.63) is 36.5 Å². The Kier molecular flexibility index (Phi) is 3.32. The van der Waals surface area contributed by atoms with E-state index >= 15 is 0 Å². The zero-order valence-electron chi connectivity index (χ0n) is 10.3. The molecule has 94 valence electrons. The summed E-state index contributed by atoms with van der Waals surface area (Å²) in [6.45, 7) is 0.841. The van der Waals surface area contributed by atoms with Crippen molar-refractivity contribution in [1.82, 2.24) is 25.1 Å². The van der Waals surface area contributed by atoms with E-state index in [1.165, 1.54) is 32.0 Å². The third kappa shape index (κ3) is 2.41. The van der Waals surface area contributed by atoms with Crippen LogP contribution < -0.4 is 5.32 Å². The molecule has 3 rings (SSSR count). The maximum atomic E-state index is 4.39. The first-order valence-electron chi connectivity index (χ1n) is 6.46. The van der Waals surface area contributed by atoms with Gasteiger partial charge in [-0.3, -0.25) is 0 Å². The molecule has 0 amide bonds. The Labute approximate surface area is 106 Å². The number of pyridine rings is 1. The van der Waals surface area contributed by atoms with Crippen molar-refractivity contribution in [3.63, 3.8) is 0 Å². The van der Waals surface area contributed by atoms with Crippen LogP contribution in [0.1, 0.15) is 31.2 Å². The Morgan fingerprint density at radius 3 is 3.00 bits per heavy atom. The van der Waals surface area contributed by atoms with E-state index in [9.17, 15) is 0 Å². The third-order valence-electron chi connectivity index (χ3n) is 3.44. The summed E-state index contributed by atoms with van der Waals surface area (Å²) >= 11 is 0. The number of hydrogen-bond donors (Lipinski definition) is 1. The Morgan fingerprint density at radius 1 is 1.33 bits per heavy atom. The molecule has 2 aromatic rings. The fraction of sp³-hybridized carbons (Fsp3) is 0.462. The second-order valence-corrected chi connectivity index (χ2v) is 4.69. The molecule has 2 heterocycles. The van der Waals surface area contributed by atoms with Gasteiger partial charge in [0.25, 0.3) is 0 Å². The van der Waals surface area contributed by atoms with Gasteiger partial charge in [-0.2, -0.15) is 5.10 Å². The average Bonchev–Trinajstić information content (AvgIpc) is 3.10. The van der Waals surface area contributed by atoms with Crippen LogP contribution in [0.3, 0.4) is 0 Å². The fourth-order valence-electron chi connectivity index (χ4n) is 2.48. The second kappa shape index (κ2) is 5.27. The van der Waals surface area contributed by atoms with Crippen LogP contribution in [0.5, 0.6) is 0 Å². The maximum absolute atomic E-state index is 4.39. The molecule has 1 aliphatic rings. The minimum atomic E-state index is 0.661. The van der Waals surface area contributed by atoms with Crippen molar-refractivity contribution in [2.75, 3.05) is 0 Å². The predicted octanol–water partition coefficient (Wildman–Crippen LogP) is 1.69. The highest BCUT2D eigenvalue weighted by Crippen LogP contribution is 2.18. The van der Waals surface area contributed by atoms with E-state index in [1.54, 1.807) is 17.2 Å². The smallest absolute Gasteiger partial charge is 0.159 e. The molecule has 0 aromatic carbocycles.